The van der Waals surface area contributed by atoms with Gasteiger partial charge in [0.05, 0.1) is 13.7 Å². The molecule has 1 aliphatic rings. The van der Waals surface area contributed by atoms with Gasteiger partial charge in [0.15, 0.2) is 0 Å². The van der Waals surface area contributed by atoms with E-state index in [1.165, 1.54) is 7.11 Å². The molecule has 1 aromatic carbocycles. The average Bonchev–Trinajstić information content (AvgIpc) is 2.39. The molecule has 4 heteroatoms. The van der Waals surface area contributed by atoms with E-state index in [-0.39, 0.29) is 12.1 Å². The van der Waals surface area contributed by atoms with Crippen molar-refractivity contribution in [3.8, 4) is 0 Å². The summed E-state index contributed by atoms with van der Waals surface area (Å²) in [6.45, 7) is 1.27. The predicted octanol–water partition coefficient (Wildman–Crippen LogP) is 0.889. The third-order valence-electron chi connectivity index (χ3n) is 2.65. The van der Waals surface area contributed by atoms with Gasteiger partial charge < -0.3 is 9.47 Å². The van der Waals surface area contributed by atoms with Crippen LogP contribution in [0.25, 0.3) is 0 Å². The second-order valence-electron chi connectivity index (χ2n) is 3.66. The molecule has 4 nitrogen and oxygen atoms in total. The van der Waals surface area contributed by atoms with Crippen LogP contribution < -0.4 is 5.32 Å². The Morgan fingerprint density at radius 1 is 1.44 bits per heavy atom. The summed E-state index contributed by atoms with van der Waals surface area (Å²) in [6.07, 6.45) is -0.262. The second-order valence-corrected chi connectivity index (χ2v) is 3.66. The van der Waals surface area contributed by atoms with Gasteiger partial charge in [0.2, 0.25) is 0 Å². The van der Waals surface area contributed by atoms with E-state index in [2.05, 4.69) is 5.32 Å². The normalized spacial score (nSPS) is 25.1. The zero-order valence-electron chi connectivity index (χ0n) is 9.18. The van der Waals surface area contributed by atoms with E-state index in [1.54, 1.807) is 0 Å². The fourth-order valence-corrected chi connectivity index (χ4v) is 1.87. The largest absolute Gasteiger partial charge is 0.468 e. The van der Waals surface area contributed by atoms with Gasteiger partial charge in [0, 0.05) is 6.54 Å². The summed E-state index contributed by atoms with van der Waals surface area (Å²) in [5.41, 5.74) is 0.991. The van der Waals surface area contributed by atoms with Gasteiger partial charge in [-0.05, 0) is 5.56 Å². The van der Waals surface area contributed by atoms with Gasteiger partial charge in [-0.3, -0.25) is 10.1 Å². The van der Waals surface area contributed by atoms with Gasteiger partial charge in [-0.15, -0.1) is 0 Å². The van der Waals surface area contributed by atoms with Crippen molar-refractivity contribution < 1.29 is 14.3 Å². The highest BCUT2D eigenvalue weighted by molar-refractivity contribution is 5.76. The van der Waals surface area contributed by atoms with Crippen LogP contribution in [0, 0.1) is 0 Å². The van der Waals surface area contributed by atoms with E-state index in [9.17, 15) is 4.79 Å². The summed E-state index contributed by atoms with van der Waals surface area (Å²) < 4.78 is 10.4. The zero-order chi connectivity index (χ0) is 11.4. The number of rotatable bonds is 2. The maximum Gasteiger partial charge on any atom is 0.325 e. The number of morpholine rings is 1. The molecular weight excluding hydrogens is 206 g/mol. The standard InChI is InChI=1S/C12H15NO3/c1-15-12(14)10-11(16-8-7-13-10)9-5-3-2-4-6-9/h2-6,10-11,13H,7-8H2,1H3/t10-,11+/m0/s1. The summed E-state index contributed by atoms with van der Waals surface area (Å²) in [6, 6.07) is 9.29. The maximum atomic E-state index is 11.6. The van der Waals surface area contributed by atoms with Crippen LogP contribution in [0.15, 0.2) is 30.3 Å². The van der Waals surface area contributed by atoms with E-state index < -0.39 is 6.04 Å². The lowest BCUT2D eigenvalue weighted by Gasteiger charge is -2.31. The minimum Gasteiger partial charge on any atom is -0.468 e. The minimum absolute atomic E-state index is 0.262. The minimum atomic E-state index is -0.416. The van der Waals surface area contributed by atoms with Crippen LogP contribution in [0.1, 0.15) is 11.7 Å². The Hall–Kier alpha value is -1.39. The van der Waals surface area contributed by atoms with Gasteiger partial charge in [0.1, 0.15) is 12.1 Å². The first-order valence-electron chi connectivity index (χ1n) is 5.30. The van der Waals surface area contributed by atoms with Crippen LogP contribution in [-0.4, -0.2) is 32.3 Å². The smallest absolute Gasteiger partial charge is 0.325 e. The number of benzene rings is 1. The van der Waals surface area contributed by atoms with Crippen molar-refractivity contribution in [1.29, 1.82) is 0 Å². The van der Waals surface area contributed by atoms with Crippen LogP contribution >= 0.6 is 0 Å². The molecule has 0 bridgehead atoms. The van der Waals surface area contributed by atoms with E-state index in [0.29, 0.717) is 13.2 Å². The van der Waals surface area contributed by atoms with Gasteiger partial charge >= 0.3 is 5.97 Å². The molecule has 1 aromatic rings. The Kier molecular flexibility index (Phi) is 3.54. The number of esters is 1. The molecule has 1 aliphatic heterocycles. The summed E-state index contributed by atoms with van der Waals surface area (Å²) in [4.78, 5) is 11.6. The molecule has 2 atom stereocenters. The molecule has 16 heavy (non-hydrogen) atoms. The van der Waals surface area contributed by atoms with Crippen LogP contribution in [0.3, 0.4) is 0 Å². The Morgan fingerprint density at radius 3 is 2.88 bits per heavy atom. The van der Waals surface area contributed by atoms with Gasteiger partial charge in [-0.1, -0.05) is 30.3 Å². The Morgan fingerprint density at radius 2 is 2.19 bits per heavy atom. The number of nitrogens with one attached hydrogen (secondary N) is 1. The lowest BCUT2D eigenvalue weighted by molar-refractivity contribution is -0.150. The first-order chi connectivity index (χ1) is 7.83. The van der Waals surface area contributed by atoms with Crippen molar-refractivity contribution in [2.24, 2.45) is 0 Å². The van der Waals surface area contributed by atoms with Crippen molar-refractivity contribution >= 4 is 5.97 Å². The lowest BCUT2D eigenvalue weighted by Crippen LogP contribution is -2.48. The monoisotopic (exact) mass is 221 g/mol. The molecule has 1 N–H and O–H groups in total. The van der Waals surface area contributed by atoms with Crippen molar-refractivity contribution in [3.63, 3.8) is 0 Å². The van der Waals surface area contributed by atoms with Gasteiger partial charge in [-0.2, -0.15) is 0 Å². The number of methoxy groups -OCH3 is 1. The van der Waals surface area contributed by atoms with Crippen LogP contribution in [0.4, 0.5) is 0 Å². The summed E-state index contributed by atoms with van der Waals surface area (Å²) in [7, 11) is 1.39. The molecule has 1 heterocycles. The quantitative estimate of drug-likeness (QED) is 0.753. The van der Waals surface area contributed by atoms with Crippen molar-refractivity contribution in [3.05, 3.63) is 35.9 Å². The number of hydrogen-bond donors (Lipinski definition) is 1. The summed E-state index contributed by atoms with van der Waals surface area (Å²) in [5, 5.41) is 3.12. The highest BCUT2D eigenvalue weighted by Crippen LogP contribution is 2.24. The molecule has 0 radical (unpaired) electrons. The van der Waals surface area contributed by atoms with Crippen molar-refractivity contribution in [1.82, 2.24) is 5.32 Å². The van der Waals surface area contributed by atoms with Crippen molar-refractivity contribution in [2.45, 2.75) is 12.1 Å². The van der Waals surface area contributed by atoms with E-state index in [4.69, 9.17) is 9.47 Å². The topological polar surface area (TPSA) is 47.6 Å². The summed E-state index contributed by atoms with van der Waals surface area (Å²) >= 11 is 0. The average molecular weight is 221 g/mol. The molecule has 0 aromatic heterocycles. The molecule has 86 valence electrons. The zero-order valence-corrected chi connectivity index (χ0v) is 9.18. The van der Waals surface area contributed by atoms with Crippen LogP contribution in [-0.2, 0) is 14.3 Å². The number of hydrogen-bond acceptors (Lipinski definition) is 4. The van der Waals surface area contributed by atoms with Crippen LogP contribution in [0.2, 0.25) is 0 Å². The molecule has 1 saturated heterocycles. The molecule has 0 amide bonds. The van der Waals surface area contributed by atoms with Crippen LogP contribution in [0.5, 0.6) is 0 Å². The third-order valence-corrected chi connectivity index (χ3v) is 2.65. The molecular formula is C12H15NO3. The lowest BCUT2D eigenvalue weighted by atomic mass is 10.0. The number of ether oxygens (including phenoxy) is 2. The van der Waals surface area contributed by atoms with E-state index in [1.807, 2.05) is 30.3 Å². The molecule has 0 unspecified atom stereocenters. The Bertz CT molecular complexity index is 353. The van der Waals surface area contributed by atoms with Crippen molar-refractivity contribution in [2.75, 3.05) is 20.3 Å². The Balaban J connectivity index is 2.20. The summed E-state index contributed by atoms with van der Waals surface area (Å²) in [5.74, 6) is -0.284. The fraction of sp³-hybridized carbons (Fsp3) is 0.417. The first kappa shape index (κ1) is 11.1. The highest BCUT2D eigenvalue weighted by atomic mass is 16.5. The van der Waals surface area contributed by atoms with E-state index in [0.717, 1.165) is 5.56 Å². The second kappa shape index (κ2) is 5.09. The highest BCUT2D eigenvalue weighted by Gasteiger charge is 2.33. The molecule has 0 spiro atoms. The molecule has 2 rings (SSSR count). The third kappa shape index (κ3) is 2.23. The SMILES string of the molecule is COC(=O)[C@H]1NCCO[C@@H]1c1ccccc1. The Labute approximate surface area is 94.6 Å². The number of carbonyl (C=O) groups is 1. The fourth-order valence-electron chi connectivity index (χ4n) is 1.87. The van der Waals surface area contributed by atoms with Gasteiger partial charge in [-0.25, -0.2) is 0 Å². The van der Waals surface area contributed by atoms with E-state index >= 15 is 0 Å². The molecule has 0 aliphatic carbocycles. The first-order valence-corrected chi connectivity index (χ1v) is 5.30. The molecule has 0 saturated carbocycles. The molecule has 1 fully saturated rings. The van der Waals surface area contributed by atoms with Gasteiger partial charge in [0.25, 0.3) is 0 Å². The maximum absolute atomic E-state index is 11.6. The predicted molar refractivity (Wildman–Crippen MR) is 58.9 cm³/mol. The number of carbonyl (C=O) groups excluding carboxylic acids is 1.